The monoisotopic (exact) mass is 345 g/mol. The van der Waals surface area contributed by atoms with Gasteiger partial charge in [-0.2, -0.15) is 0 Å². The Kier molecular flexibility index (Phi) is 11.5. The molecule has 4 heteroatoms. The Balaban J connectivity index is 2.11. The number of rotatable bonds is 11. The summed E-state index contributed by atoms with van der Waals surface area (Å²) in [5.74, 6) is -0.143. The van der Waals surface area contributed by atoms with E-state index < -0.39 is 0 Å². The second kappa shape index (κ2) is 13.6. The maximum atomic E-state index is 11.7. The summed E-state index contributed by atoms with van der Waals surface area (Å²) in [6, 6.07) is 9.64. The molecule has 1 rings (SSSR count). The lowest BCUT2D eigenvalue weighted by Crippen LogP contribution is -2.21. The molecule has 0 aromatic heterocycles. The van der Waals surface area contributed by atoms with Crippen LogP contribution in [0.3, 0.4) is 0 Å². The van der Waals surface area contributed by atoms with Crippen molar-refractivity contribution in [1.29, 1.82) is 0 Å². The predicted molar refractivity (Wildman–Crippen MR) is 104 cm³/mol. The molecule has 0 bridgehead atoms. The maximum absolute atomic E-state index is 11.7. The zero-order valence-corrected chi connectivity index (χ0v) is 15.2. The molecule has 0 saturated heterocycles. The summed E-state index contributed by atoms with van der Waals surface area (Å²) in [5.41, 5.74) is 0.979. The quantitative estimate of drug-likeness (QED) is 0.456. The highest BCUT2D eigenvalue weighted by atomic mass is 32.2. The van der Waals surface area contributed by atoms with Crippen molar-refractivity contribution in [2.75, 3.05) is 6.54 Å². The van der Waals surface area contributed by atoms with Crippen LogP contribution in [0.4, 0.5) is 0 Å². The molecule has 0 unspecified atom stereocenters. The van der Waals surface area contributed by atoms with Crippen LogP contribution in [0.5, 0.6) is 0 Å². The van der Waals surface area contributed by atoms with Crippen LogP contribution in [0.2, 0.25) is 0 Å². The number of carbonyl (C=O) groups is 2. The van der Waals surface area contributed by atoms with Gasteiger partial charge in [0.1, 0.15) is 0 Å². The summed E-state index contributed by atoms with van der Waals surface area (Å²) in [6.07, 6.45) is 11.9. The van der Waals surface area contributed by atoms with E-state index in [4.69, 9.17) is 0 Å². The van der Waals surface area contributed by atoms with Gasteiger partial charge in [0.15, 0.2) is 0 Å². The number of nitrogens with one attached hydrogen (secondary N) is 1. The SMILES string of the molecule is CCCCCCCCNC(=O)C=CSC(=O)C=Cc1ccccc1. The molecule has 0 aliphatic heterocycles. The van der Waals surface area contributed by atoms with E-state index in [9.17, 15) is 9.59 Å². The molecule has 0 aliphatic carbocycles. The molecule has 0 fully saturated rings. The van der Waals surface area contributed by atoms with Gasteiger partial charge in [0, 0.05) is 12.6 Å². The number of hydrogen-bond acceptors (Lipinski definition) is 3. The van der Waals surface area contributed by atoms with Gasteiger partial charge in [-0.1, -0.05) is 87.2 Å². The van der Waals surface area contributed by atoms with Gasteiger partial charge >= 0.3 is 0 Å². The van der Waals surface area contributed by atoms with Gasteiger partial charge < -0.3 is 5.32 Å². The first-order valence-electron chi connectivity index (χ1n) is 8.60. The second-order valence-corrected chi connectivity index (χ2v) is 6.45. The van der Waals surface area contributed by atoms with Crippen molar-refractivity contribution in [2.24, 2.45) is 0 Å². The van der Waals surface area contributed by atoms with E-state index in [1.807, 2.05) is 30.3 Å². The van der Waals surface area contributed by atoms with Gasteiger partial charge in [-0.05, 0) is 23.5 Å². The molecule has 0 spiro atoms. The topological polar surface area (TPSA) is 46.2 Å². The molecular formula is C20H27NO2S. The zero-order valence-electron chi connectivity index (χ0n) is 14.4. The smallest absolute Gasteiger partial charge is 0.244 e. The number of amides is 1. The highest BCUT2D eigenvalue weighted by Gasteiger charge is 1.97. The Morgan fingerprint density at radius 2 is 1.71 bits per heavy atom. The molecule has 24 heavy (non-hydrogen) atoms. The molecule has 130 valence electrons. The zero-order chi connectivity index (χ0) is 17.5. The predicted octanol–water partition coefficient (Wildman–Crippen LogP) is 4.95. The largest absolute Gasteiger partial charge is 0.353 e. The van der Waals surface area contributed by atoms with Crippen molar-refractivity contribution in [3.05, 3.63) is 53.5 Å². The average molecular weight is 346 g/mol. The van der Waals surface area contributed by atoms with Crippen molar-refractivity contribution in [1.82, 2.24) is 5.32 Å². The second-order valence-electron chi connectivity index (χ2n) is 5.54. The van der Waals surface area contributed by atoms with Crippen LogP contribution in [0.1, 0.15) is 51.0 Å². The van der Waals surface area contributed by atoms with E-state index in [1.54, 1.807) is 6.08 Å². The molecule has 1 aromatic carbocycles. The van der Waals surface area contributed by atoms with Crippen LogP contribution < -0.4 is 5.32 Å². The Morgan fingerprint density at radius 1 is 1.00 bits per heavy atom. The lowest BCUT2D eigenvalue weighted by Gasteiger charge is -2.02. The number of unbranched alkanes of at least 4 members (excludes halogenated alkanes) is 5. The normalized spacial score (nSPS) is 11.2. The average Bonchev–Trinajstić information content (AvgIpc) is 2.60. The molecule has 0 radical (unpaired) electrons. The van der Waals surface area contributed by atoms with Crippen molar-refractivity contribution in [3.63, 3.8) is 0 Å². The third kappa shape index (κ3) is 10.8. The fraction of sp³-hybridized carbons (Fsp3) is 0.400. The third-order valence-electron chi connectivity index (χ3n) is 3.44. The van der Waals surface area contributed by atoms with Crippen molar-refractivity contribution < 1.29 is 9.59 Å². The first-order valence-corrected chi connectivity index (χ1v) is 9.48. The van der Waals surface area contributed by atoms with Crippen molar-refractivity contribution >= 4 is 28.9 Å². The molecule has 3 nitrogen and oxygen atoms in total. The van der Waals surface area contributed by atoms with Gasteiger partial charge in [-0.25, -0.2) is 0 Å². The highest BCUT2D eigenvalue weighted by molar-refractivity contribution is 8.16. The van der Waals surface area contributed by atoms with Gasteiger partial charge in [-0.3, -0.25) is 9.59 Å². The fourth-order valence-electron chi connectivity index (χ4n) is 2.11. The molecule has 0 saturated carbocycles. The number of carbonyl (C=O) groups excluding carboxylic acids is 2. The van der Waals surface area contributed by atoms with E-state index in [1.165, 1.54) is 43.2 Å². The molecule has 0 atom stereocenters. The molecular weight excluding hydrogens is 318 g/mol. The number of benzene rings is 1. The molecule has 1 N–H and O–H groups in total. The maximum Gasteiger partial charge on any atom is 0.244 e. The van der Waals surface area contributed by atoms with E-state index in [2.05, 4.69) is 12.2 Å². The first-order chi connectivity index (χ1) is 11.7. The van der Waals surface area contributed by atoms with Gasteiger partial charge in [0.25, 0.3) is 0 Å². The fourth-order valence-corrected chi connectivity index (χ4v) is 2.58. The summed E-state index contributed by atoms with van der Waals surface area (Å²) in [4.78, 5) is 23.3. The Hall–Kier alpha value is -1.81. The Bertz CT molecular complexity index is 538. The summed E-state index contributed by atoms with van der Waals surface area (Å²) < 4.78 is 0. The van der Waals surface area contributed by atoms with Crippen molar-refractivity contribution in [2.45, 2.75) is 45.4 Å². The van der Waals surface area contributed by atoms with Crippen LogP contribution in [0.15, 0.2) is 47.9 Å². The molecule has 1 aromatic rings. The lowest BCUT2D eigenvalue weighted by atomic mass is 10.1. The van der Waals surface area contributed by atoms with E-state index in [0.717, 1.165) is 30.2 Å². The van der Waals surface area contributed by atoms with Crippen LogP contribution in [0.25, 0.3) is 6.08 Å². The van der Waals surface area contributed by atoms with Crippen molar-refractivity contribution in [3.8, 4) is 0 Å². The van der Waals surface area contributed by atoms with Gasteiger partial charge in [-0.15, -0.1) is 0 Å². The minimum atomic E-state index is -0.143. The van der Waals surface area contributed by atoms with Crippen LogP contribution in [-0.4, -0.2) is 17.6 Å². The summed E-state index contributed by atoms with van der Waals surface area (Å²) in [6.45, 7) is 2.90. The summed E-state index contributed by atoms with van der Waals surface area (Å²) >= 11 is 1.01. The summed E-state index contributed by atoms with van der Waals surface area (Å²) in [7, 11) is 0. The minimum Gasteiger partial charge on any atom is -0.353 e. The minimum absolute atomic E-state index is 0.0983. The summed E-state index contributed by atoms with van der Waals surface area (Å²) in [5, 5.41) is 4.27. The van der Waals surface area contributed by atoms with Gasteiger partial charge in [0.2, 0.25) is 11.0 Å². The van der Waals surface area contributed by atoms with Crippen LogP contribution in [0, 0.1) is 0 Å². The highest BCUT2D eigenvalue weighted by Crippen LogP contribution is 2.08. The Labute approximate surface area is 149 Å². The number of hydrogen-bond donors (Lipinski definition) is 1. The van der Waals surface area contributed by atoms with Crippen LogP contribution >= 0.6 is 11.8 Å². The van der Waals surface area contributed by atoms with E-state index in [-0.39, 0.29) is 11.0 Å². The van der Waals surface area contributed by atoms with E-state index in [0.29, 0.717) is 6.54 Å². The van der Waals surface area contributed by atoms with Crippen LogP contribution in [-0.2, 0) is 9.59 Å². The first kappa shape index (κ1) is 20.2. The lowest BCUT2D eigenvalue weighted by molar-refractivity contribution is -0.116. The Morgan fingerprint density at radius 3 is 2.46 bits per heavy atom. The standard InChI is InChI=1S/C20H27NO2S/c1-2-3-4-5-6-10-16-21-19(22)15-17-24-20(23)14-13-18-11-8-7-9-12-18/h7-9,11-15,17H,2-6,10,16H2,1H3,(H,21,22). The number of thioether (sulfide) groups is 1. The molecule has 0 heterocycles. The molecule has 1 amide bonds. The molecule has 0 aliphatic rings. The van der Waals surface area contributed by atoms with Gasteiger partial charge in [0.05, 0.1) is 0 Å². The third-order valence-corrected chi connectivity index (χ3v) is 4.09. The van der Waals surface area contributed by atoms with E-state index >= 15 is 0 Å².